The van der Waals surface area contributed by atoms with Crippen LogP contribution >= 0.6 is 0 Å². The number of rotatable bonds is 4. The molecule has 3 rings (SSSR count). The lowest BCUT2D eigenvalue weighted by Gasteiger charge is -2.30. The minimum Gasteiger partial charge on any atom is -0.457 e. The lowest BCUT2D eigenvalue weighted by molar-refractivity contribution is 0.0645. The molecule has 0 spiro atoms. The third-order valence-electron chi connectivity index (χ3n) is 4.09. The van der Waals surface area contributed by atoms with Gasteiger partial charge >= 0.3 is 0 Å². The quantitative estimate of drug-likeness (QED) is 0.943. The molecule has 1 saturated heterocycles. The summed E-state index contributed by atoms with van der Waals surface area (Å²) >= 11 is 0. The van der Waals surface area contributed by atoms with Crippen LogP contribution in [0.15, 0.2) is 48.7 Å². The van der Waals surface area contributed by atoms with Gasteiger partial charge in [0.2, 0.25) is 0 Å². The van der Waals surface area contributed by atoms with Gasteiger partial charge in [-0.25, -0.2) is 0 Å². The van der Waals surface area contributed by atoms with Crippen molar-refractivity contribution >= 4 is 5.91 Å². The highest BCUT2D eigenvalue weighted by Gasteiger charge is 2.24. The summed E-state index contributed by atoms with van der Waals surface area (Å²) in [6, 6.07) is 12.9. The number of aliphatic hydroxyl groups excluding tert-OH is 1. The number of ether oxygens (including phenoxy) is 1. The second-order valence-corrected chi connectivity index (χ2v) is 5.71. The first-order chi connectivity index (χ1) is 11.3. The predicted octanol–water partition coefficient (Wildman–Crippen LogP) is 2.72. The van der Waals surface area contributed by atoms with Crippen molar-refractivity contribution in [1.82, 2.24) is 9.88 Å². The number of benzene rings is 1. The molecule has 1 fully saturated rings. The number of carbonyl (C=O) groups is 1. The first-order valence-corrected chi connectivity index (χ1v) is 7.85. The van der Waals surface area contributed by atoms with Crippen molar-refractivity contribution in [3.8, 4) is 11.5 Å². The molecule has 1 aromatic heterocycles. The molecule has 1 aliphatic heterocycles. The number of hydrogen-bond acceptors (Lipinski definition) is 4. The standard InChI is InChI=1S/C18H20N2O3/c21-13-14-7-10-20(11-8-14)18(22)17-12-16(6-9-19-17)23-15-4-2-1-3-5-15/h1-6,9,12,14,21H,7-8,10-11,13H2. The summed E-state index contributed by atoms with van der Waals surface area (Å²) < 4.78 is 5.75. The number of nitrogens with zero attached hydrogens (tertiary/aromatic N) is 2. The smallest absolute Gasteiger partial charge is 0.272 e. The van der Waals surface area contributed by atoms with Gasteiger partial charge in [0.05, 0.1) is 0 Å². The Morgan fingerprint density at radius 1 is 1.17 bits per heavy atom. The zero-order chi connectivity index (χ0) is 16.1. The number of aromatic nitrogens is 1. The molecule has 5 heteroatoms. The van der Waals surface area contributed by atoms with Crippen LogP contribution in [0.4, 0.5) is 0 Å². The summed E-state index contributed by atoms with van der Waals surface area (Å²) in [5.74, 6) is 1.54. The molecule has 0 aliphatic carbocycles. The Hall–Kier alpha value is -2.40. The van der Waals surface area contributed by atoms with Crippen LogP contribution in [0, 0.1) is 5.92 Å². The number of amides is 1. The fraction of sp³-hybridized carbons (Fsp3) is 0.333. The van der Waals surface area contributed by atoms with Crippen LogP contribution in [0.2, 0.25) is 0 Å². The third kappa shape index (κ3) is 3.87. The van der Waals surface area contributed by atoms with E-state index in [1.165, 1.54) is 0 Å². The topological polar surface area (TPSA) is 62.7 Å². The zero-order valence-electron chi connectivity index (χ0n) is 12.9. The maximum absolute atomic E-state index is 12.5. The Balaban J connectivity index is 1.68. The van der Waals surface area contributed by atoms with Crippen LogP contribution in [0.3, 0.4) is 0 Å². The monoisotopic (exact) mass is 312 g/mol. The first kappa shape index (κ1) is 15.5. The van der Waals surface area contributed by atoms with Crippen LogP contribution in [0.1, 0.15) is 23.3 Å². The highest BCUT2D eigenvalue weighted by Crippen LogP contribution is 2.23. The van der Waals surface area contributed by atoms with E-state index >= 15 is 0 Å². The number of hydrogen-bond donors (Lipinski definition) is 1. The molecular weight excluding hydrogens is 292 g/mol. The van der Waals surface area contributed by atoms with Gasteiger partial charge < -0.3 is 14.7 Å². The highest BCUT2D eigenvalue weighted by atomic mass is 16.5. The minimum absolute atomic E-state index is 0.0834. The summed E-state index contributed by atoms with van der Waals surface area (Å²) in [4.78, 5) is 18.5. The van der Waals surface area contributed by atoms with E-state index in [0.717, 1.165) is 18.6 Å². The van der Waals surface area contributed by atoms with Crippen LogP contribution in [0.25, 0.3) is 0 Å². The molecule has 1 N–H and O–H groups in total. The number of aliphatic hydroxyl groups is 1. The second kappa shape index (κ2) is 7.24. The van der Waals surface area contributed by atoms with Gasteiger partial charge in [-0.3, -0.25) is 9.78 Å². The molecule has 2 aromatic rings. The van der Waals surface area contributed by atoms with Gasteiger partial charge in [-0.1, -0.05) is 18.2 Å². The van der Waals surface area contributed by atoms with Crippen LogP contribution in [0.5, 0.6) is 11.5 Å². The molecule has 0 atom stereocenters. The van der Waals surface area contributed by atoms with Crippen molar-refractivity contribution in [2.24, 2.45) is 5.92 Å². The molecule has 0 saturated carbocycles. The molecule has 0 radical (unpaired) electrons. The summed E-state index contributed by atoms with van der Waals surface area (Å²) in [6.45, 7) is 1.52. The molecule has 5 nitrogen and oxygen atoms in total. The van der Waals surface area contributed by atoms with E-state index in [2.05, 4.69) is 4.98 Å². The Morgan fingerprint density at radius 3 is 2.61 bits per heavy atom. The zero-order valence-corrected chi connectivity index (χ0v) is 12.9. The summed E-state index contributed by atoms with van der Waals surface area (Å²) in [5.41, 5.74) is 0.390. The maximum Gasteiger partial charge on any atom is 0.272 e. The summed E-state index contributed by atoms with van der Waals surface area (Å²) in [5, 5.41) is 9.18. The van der Waals surface area contributed by atoms with E-state index in [1.54, 1.807) is 23.2 Å². The second-order valence-electron chi connectivity index (χ2n) is 5.71. The average molecular weight is 312 g/mol. The SMILES string of the molecule is O=C(c1cc(Oc2ccccc2)ccn1)N1CCC(CO)CC1. The molecule has 1 amide bonds. The van der Waals surface area contributed by atoms with Crippen molar-refractivity contribution in [1.29, 1.82) is 0 Å². The molecule has 0 bridgehead atoms. The summed E-state index contributed by atoms with van der Waals surface area (Å²) in [7, 11) is 0. The van der Waals surface area contributed by atoms with Gasteiger partial charge in [-0.05, 0) is 37.0 Å². The molecule has 1 aliphatic rings. The molecule has 23 heavy (non-hydrogen) atoms. The number of carbonyl (C=O) groups excluding carboxylic acids is 1. The van der Waals surface area contributed by atoms with Crippen LogP contribution in [-0.2, 0) is 0 Å². The molecule has 120 valence electrons. The van der Waals surface area contributed by atoms with Crippen molar-refractivity contribution in [2.75, 3.05) is 19.7 Å². The van der Waals surface area contributed by atoms with Gasteiger partial charge in [0.15, 0.2) is 0 Å². The molecule has 1 aromatic carbocycles. The van der Waals surface area contributed by atoms with E-state index in [9.17, 15) is 9.90 Å². The number of pyridine rings is 1. The minimum atomic E-state index is -0.0834. The van der Waals surface area contributed by atoms with E-state index < -0.39 is 0 Å². The van der Waals surface area contributed by atoms with E-state index in [0.29, 0.717) is 30.5 Å². The Bertz CT molecular complexity index is 652. The van der Waals surface area contributed by atoms with Crippen LogP contribution in [-0.4, -0.2) is 40.6 Å². The maximum atomic E-state index is 12.5. The average Bonchev–Trinajstić information content (AvgIpc) is 2.62. The number of likely N-dealkylation sites (tertiary alicyclic amines) is 1. The predicted molar refractivity (Wildman–Crippen MR) is 86.5 cm³/mol. The Labute approximate surface area is 135 Å². The van der Waals surface area contributed by atoms with E-state index in [4.69, 9.17) is 4.74 Å². The van der Waals surface area contributed by atoms with E-state index in [-0.39, 0.29) is 12.5 Å². The summed E-state index contributed by atoms with van der Waals surface area (Å²) in [6.07, 6.45) is 3.26. The number of piperidine rings is 1. The van der Waals surface area contributed by atoms with Gasteiger partial charge in [0.25, 0.3) is 5.91 Å². The molecule has 0 unspecified atom stereocenters. The van der Waals surface area contributed by atoms with Crippen molar-refractivity contribution in [3.63, 3.8) is 0 Å². The van der Waals surface area contributed by atoms with Gasteiger partial charge in [-0.2, -0.15) is 0 Å². The van der Waals surface area contributed by atoms with Gasteiger partial charge in [0, 0.05) is 32.0 Å². The Kier molecular flexibility index (Phi) is 4.88. The van der Waals surface area contributed by atoms with Crippen LogP contribution < -0.4 is 4.74 Å². The lowest BCUT2D eigenvalue weighted by Crippen LogP contribution is -2.39. The van der Waals surface area contributed by atoms with Crippen molar-refractivity contribution < 1.29 is 14.6 Å². The first-order valence-electron chi connectivity index (χ1n) is 7.85. The van der Waals surface area contributed by atoms with E-state index in [1.807, 2.05) is 30.3 Å². The van der Waals surface area contributed by atoms with Crippen molar-refractivity contribution in [3.05, 3.63) is 54.4 Å². The number of para-hydroxylation sites is 1. The largest absolute Gasteiger partial charge is 0.457 e. The molecular formula is C18H20N2O3. The fourth-order valence-corrected chi connectivity index (χ4v) is 2.70. The normalized spacial score (nSPS) is 15.4. The Morgan fingerprint density at radius 2 is 1.91 bits per heavy atom. The fourth-order valence-electron chi connectivity index (χ4n) is 2.70. The van der Waals surface area contributed by atoms with Gasteiger partial charge in [0.1, 0.15) is 17.2 Å². The van der Waals surface area contributed by atoms with Gasteiger partial charge in [-0.15, -0.1) is 0 Å². The van der Waals surface area contributed by atoms with Crippen molar-refractivity contribution in [2.45, 2.75) is 12.8 Å². The molecule has 2 heterocycles. The highest BCUT2D eigenvalue weighted by molar-refractivity contribution is 5.92. The third-order valence-corrected chi connectivity index (χ3v) is 4.09. The lowest BCUT2D eigenvalue weighted by atomic mass is 9.98.